The normalized spacial score (nSPS) is 15.1. The van der Waals surface area contributed by atoms with Crippen molar-refractivity contribution >= 4 is 17.3 Å². The summed E-state index contributed by atoms with van der Waals surface area (Å²) in [6.45, 7) is 1.80. The summed E-state index contributed by atoms with van der Waals surface area (Å²) in [6.07, 6.45) is -1.73. The van der Waals surface area contributed by atoms with E-state index in [4.69, 9.17) is 14.2 Å². The number of allylic oxidation sites excluding steroid dienone is 1. The Hall–Kier alpha value is -3.68. The van der Waals surface area contributed by atoms with Gasteiger partial charge >= 0.3 is 5.97 Å². The molecule has 0 saturated carbocycles. The van der Waals surface area contributed by atoms with Gasteiger partial charge in [0, 0.05) is 17.6 Å². The molecule has 0 unspecified atom stereocenters. The Morgan fingerprint density at radius 3 is 2.53 bits per heavy atom. The Balaban J connectivity index is 2.06. The van der Waals surface area contributed by atoms with Crippen LogP contribution in [0.1, 0.15) is 35.7 Å². The predicted molar refractivity (Wildman–Crippen MR) is 108 cm³/mol. The first-order valence-corrected chi connectivity index (χ1v) is 9.41. The summed E-state index contributed by atoms with van der Waals surface area (Å²) < 4.78 is 15.9. The highest BCUT2D eigenvalue weighted by atomic mass is 16.6. The smallest absolute Gasteiger partial charge is 0.310 e. The zero-order valence-electron chi connectivity index (χ0n) is 16.6. The number of nitrogens with zero attached hydrogens (tertiary/aromatic N) is 1. The van der Waals surface area contributed by atoms with Gasteiger partial charge in [-0.05, 0) is 25.1 Å². The fraction of sp³-hybridized carbons (Fsp3) is 0.273. The number of benzene rings is 2. The highest BCUT2D eigenvalue weighted by molar-refractivity contribution is 6.05. The quantitative estimate of drug-likeness (QED) is 0.282. The number of hydrogen-bond donors (Lipinski definition) is 0. The third-order valence-electron chi connectivity index (χ3n) is 4.69. The second kappa shape index (κ2) is 9.21. The fourth-order valence-electron chi connectivity index (χ4n) is 3.41. The first-order chi connectivity index (χ1) is 14.5. The number of Topliss-reactive ketones (excluding diaryl/α,β-unsaturated/α-hetero) is 1. The van der Waals surface area contributed by atoms with Crippen LogP contribution in [0.5, 0.6) is 11.5 Å². The number of ketones is 1. The molecular formula is C22H21NO7. The van der Waals surface area contributed by atoms with Crippen molar-refractivity contribution in [3.05, 3.63) is 75.5 Å². The SMILES string of the molecule is CCOC(=O)C[C@@H]1Oc2ccccc2C(CC(=O)c2ccccc2OC)=C1[N+](=O)[O-]. The van der Waals surface area contributed by atoms with Crippen LogP contribution in [0.15, 0.2) is 54.2 Å². The molecule has 0 fully saturated rings. The molecule has 0 saturated heterocycles. The van der Waals surface area contributed by atoms with Gasteiger partial charge in [-0.3, -0.25) is 19.7 Å². The predicted octanol–water partition coefficient (Wildman–Crippen LogP) is 3.67. The van der Waals surface area contributed by atoms with Crippen molar-refractivity contribution in [1.29, 1.82) is 0 Å². The van der Waals surface area contributed by atoms with Crippen molar-refractivity contribution in [2.24, 2.45) is 0 Å². The van der Waals surface area contributed by atoms with Crippen LogP contribution in [0.25, 0.3) is 5.57 Å². The molecule has 0 bridgehead atoms. The van der Waals surface area contributed by atoms with Crippen molar-refractivity contribution < 1.29 is 28.7 Å². The molecule has 0 N–H and O–H groups in total. The molecule has 0 aromatic heterocycles. The van der Waals surface area contributed by atoms with E-state index in [1.54, 1.807) is 55.5 Å². The number of esters is 1. The number of methoxy groups -OCH3 is 1. The molecule has 8 heteroatoms. The highest BCUT2D eigenvalue weighted by Gasteiger charge is 2.39. The molecule has 0 radical (unpaired) electrons. The molecule has 2 aromatic rings. The molecule has 0 spiro atoms. The number of hydrogen-bond acceptors (Lipinski definition) is 7. The molecule has 1 atom stereocenters. The van der Waals surface area contributed by atoms with Gasteiger partial charge in [0.05, 0.1) is 30.6 Å². The van der Waals surface area contributed by atoms with Crippen LogP contribution in [0, 0.1) is 10.1 Å². The van der Waals surface area contributed by atoms with Gasteiger partial charge in [0.25, 0.3) is 5.70 Å². The Morgan fingerprint density at radius 2 is 1.83 bits per heavy atom. The topological polar surface area (TPSA) is 105 Å². The Bertz CT molecular complexity index is 1010. The van der Waals surface area contributed by atoms with Crippen molar-refractivity contribution in [2.45, 2.75) is 25.9 Å². The van der Waals surface area contributed by atoms with E-state index in [0.29, 0.717) is 22.6 Å². The average molecular weight is 411 g/mol. The largest absolute Gasteiger partial charge is 0.496 e. The van der Waals surface area contributed by atoms with E-state index in [1.165, 1.54) is 7.11 Å². The molecule has 1 aliphatic rings. The van der Waals surface area contributed by atoms with Gasteiger partial charge in [0.15, 0.2) is 11.9 Å². The second-order valence-electron chi connectivity index (χ2n) is 6.53. The van der Waals surface area contributed by atoms with E-state index in [-0.39, 0.29) is 36.5 Å². The second-order valence-corrected chi connectivity index (χ2v) is 6.53. The molecule has 8 nitrogen and oxygen atoms in total. The van der Waals surface area contributed by atoms with Gasteiger partial charge in [0.2, 0.25) is 0 Å². The minimum atomic E-state index is -1.16. The van der Waals surface area contributed by atoms with E-state index in [1.807, 2.05) is 0 Å². The van der Waals surface area contributed by atoms with E-state index in [0.717, 1.165) is 0 Å². The lowest BCUT2D eigenvalue weighted by molar-refractivity contribution is -0.434. The molecule has 3 rings (SSSR count). The lowest BCUT2D eigenvalue weighted by Crippen LogP contribution is -2.32. The first kappa shape index (κ1) is 21.0. The Kier molecular flexibility index (Phi) is 6.46. The summed E-state index contributed by atoms with van der Waals surface area (Å²) in [4.78, 5) is 36.4. The minimum absolute atomic E-state index is 0.152. The highest BCUT2D eigenvalue weighted by Crippen LogP contribution is 2.40. The van der Waals surface area contributed by atoms with Gasteiger partial charge in [-0.1, -0.05) is 30.3 Å². The van der Waals surface area contributed by atoms with Gasteiger partial charge in [-0.25, -0.2) is 0 Å². The van der Waals surface area contributed by atoms with E-state index < -0.39 is 17.0 Å². The van der Waals surface area contributed by atoms with Crippen LogP contribution < -0.4 is 9.47 Å². The third kappa shape index (κ3) is 4.32. The van der Waals surface area contributed by atoms with Crippen LogP contribution in [0.4, 0.5) is 0 Å². The van der Waals surface area contributed by atoms with Gasteiger partial charge < -0.3 is 14.2 Å². The fourth-order valence-corrected chi connectivity index (χ4v) is 3.41. The van der Waals surface area contributed by atoms with Crippen molar-refractivity contribution in [2.75, 3.05) is 13.7 Å². The molecule has 1 aliphatic heterocycles. The third-order valence-corrected chi connectivity index (χ3v) is 4.69. The zero-order valence-corrected chi connectivity index (χ0v) is 16.6. The summed E-state index contributed by atoms with van der Waals surface area (Å²) in [7, 11) is 1.45. The summed E-state index contributed by atoms with van der Waals surface area (Å²) in [6, 6.07) is 13.4. The van der Waals surface area contributed by atoms with Crippen LogP contribution in [0.3, 0.4) is 0 Å². The molecule has 0 amide bonds. The molecule has 1 heterocycles. The molecular weight excluding hydrogens is 390 g/mol. The number of carbonyl (C=O) groups is 2. The summed E-state index contributed by atoms with van der Waals surface area (Å²) in [5.41, 5.74) is 0.672. The van der Waals surface area contributed by atoms with E-state index >= 15 is 0 Å². The molecule has 30 heavy (non-hydrogen) atoms. The number of nitro groups is 1. The lowest BCUT2D eigenvalue weighted by atomic mass is 9.90. The number of carbonyl (C=O) groups excluding carboxylic acids is 2. The molecule has 0 aliphatic carbocycles. The average Bonchev–Trinajstić information content (AvgIpc) is 2.73. The van der Waals surface area contributed by atoms with E-state index in [9.17, 15) is 19.7 Å². The van der Waals surface area contributed by atoms with Crippen LogP contribution in [-0.4, -0.2) is 36.5 Å². The van der Waals surface area contributed by atoms with Crippen LogP contribution in [-0.2, 0) is 9.53 Å². The van der Waals surface area contributed by atoms with Gasteiger partial charge in [0.1, 0.15) is 11.5 Å². The first-order valence-electron chi connectivity index (χ1n) is 9.41. The monoisotopic (exact) mass is 411 g/mol. The number of ether oxygens (including phenoxy) is 3. The number of para-hydroxylation sites is 2. The standard InChI is InChI=1S/C22H21NO7/c1-3-29-21(25)13-20-22(23(26)27)16(14-8-4-7-11-19(14)30-20)12-17(24)15-9-5-6-10-18(15)28-2/h4-11,20H,3,12-13H2,1-2H3/t20-/m0/s1. The summed E-state index contributed by atoms with van der Waals surface area (Å²) >= 11 is 0. The van der Waals surface area contributed by atoms with Crippen molar-refractivity contribution in [1.82, 2.24) is 0 Å². The van der Waals surface area contributed by atoms with Crippen LogP contribution in [0.2, 0.25) is 0 Å². The maximum atomic E-state index is 13.0. The number of rotatable bonds is 8. The maximum absolute atomic E-state index is 13.0. The lowest BCUT2D eigenvalue weighted by Gasteiger charge is -2.25. The summed E-state index contributed by atoms with van der Waals surface area (Å²) in [5, 5.41) is 11.9. The summed E-state index contributed by atoms with van der Waals surface area (Å²) in [5.74, 6) is -0.195. The Labute approximate surface area is 173 Å². The maximum Gasteiger partial charge on any atom is 0.310 e. The zero-order chi connectivity index (χ0) is 21.7. The molecule has 2 aromatic carbocycles. The number of fused-ring (bicyclic) bond motifs is 1. The van der Waals surface area contributed by atoms with Crippen molar-refractivity contribution in [3.8, 4) is 11.5 Å². The minimum Gasteiger partial charge on any atom is -0.496 e. The Morgan fingerprint density at radius 1 is 1.13 bits per heavy atom. The van der Waals surface area contributed by atoms with Gasteiger partial charge in [-0.15, -0.1) is 0 Å². The van der Waals surface area contributed by atoms with Gasteiger partial charge in [-0.2, -0.15) is 0 Å². The molecule has 156 valence electrons. The van der Waals surface area contributed by atoms with Crippen molar-refractivity contribution in [3.63, 3.8) is 0 Å². The van der Waals surface area contributed by atoms with E-state index in [2.05, 4.69) is 0 Å². The van der Waals surface area contributed by atoms with Crippen LogP contribution >= 0.6 is 0 Å².